The van der Waals surface area contributed by atoms with Crippen LogP contribution < -0.4 is 5.48 Å². The van der Waals surface area contributed by atoms with Crippen LogP contribution in [0.25, 0.3) is 5.65 Å². The summed E-state index contributed by atoms with van der Waals surface area (Å²) >= 11 is 0. The molecule has 22 heavy (non-hydrogen) atoms. The number of carbonyl (C=O) groups excluding carboxylic acids is 1. The number of amides is 1. The molecule has 1 aliphatic rings. The summed E-state index contributed by atoms with van der Waals surface area (Å²) in [5.74, 6) is 0.780. The third-order valence-corrected chi connectivity index (χ3v) is 2.88. The molecule has 0 aliphatic heterocycles. The summed E-state index contributed by atoms with van der Waals surface area (Å²) < 4.78 is 2.19. The molecule has 0 bridgehead atoms. The van der Waals surface area contributed by atoms with Crippen LogP contribution in [0.15, 0.2) is 68.1 Å². The van der Waals surface area contributed by atoms with E-state index in [4.69, 9.17) is 10.0 Å². The van der Waals surface area contributed by atoms with E-state index in [-0.39, 0.29) is 6.41 Å². The average Bonchev–Trinajstić information content (AvgIpc) is 3.33. The Morgan fingerprint density at radius 1 is 1.27 bits per heavy atom. The van der Waals surface area contributed by atoms with E-state index in [1.165, 1.54) is 24.0 Å². The Hall–Kier alpha value is -2.66. The molecule has 0 atom stereocenters. The largest absolute Gasteiger partial charge is 0.304 e. The molecular formula is C17H21N3O2. The van der Waals surface area contributed by atoms with Crippen molar-refractivity contribution in [1.29, 1.82) is 0 Å². The maximum atomic E-state index is 8.81. The number of carbonyl (C=O) groups is 1. The summed E-state index contributed by atoms with van der Waals surface area (Å²) in [6.07, 6.45) is 14.0. The van der Waals surface area contributed by atoms with Crippen molar-refractivity contribution in [2.75, 3.05) is 0 Å². The molecule has 0 spiro atoms. The van der Waals surface area contributed by atoms with Gasteiger partial charge < -0.3 is 4.40 Å². The number of allylic oxidation sites excluding steroid dienone is 4. The third-order valence-electron chi connectivity index (χ3n) is 2.88. The zero-order valence-corrected chi connectivity index (χ0v) is 12.4. The molecule has 116 valence electrons. The van der Waals surface area contributed by atoms with Gasteiger partial charge in [-0.3, -0.25) is 10.0 Å². The molecule has 1 saturated carbocycles. The summed E-state index contributed by atoms with van der Waals surface area (Å²) in [5.41, 5.74) is 3.70. The van der Waals surface area contributed by atoms with Crippen LogP contribution in [-0.2, 0) is 4.79 Å². The van der Waals surface area contributed by atoms with Gasteiger partial charge in [-0.1, -0.05) is 43.5 Å². The monoisotopic (exact) mass is 299 g/mol. The average molecular weight is 299 g/mol. The Labute approximate surface area is 130 Å². The summed E-state index contributed by atoms with van der Waals surface area (Å²) in [6.45, 7) is 6.93. The third kappa shape index (κ3) is 5.76. The van der Waals surface area contributed by atoms with E-state index >= 15 is 0 Å². The number of aromatic nitrogens is 2. The predicted molar refractivity (Wildman–Crippen MR) is 87.7 cm³/mol. The van der Waals surface area contributed by atoms with Gasteiger partial charge in [-0.15, -0.1) is 0 Å². The molecule has 2 heterocycles. The van der Waals surface area contributed by atoms with Gasteiger partial charge in [0.15, 0.2) is 0 Å². The summed E-state index contributed by atoms with van der Waals surface area (Å²) in [5, 5.41) is 7.26. The Morgan fingerprint density at radius 2 is 1.91 bits per heavy atom. The van der Waals surface area contributed by atoms with Crippen molar-refractivity contribution in [3.63, 3.8) is 0 Å². The maximum Gasteiger partial charge on any atom is 0.230 e. The van der Waals surface area contributed by atoms with Crippen LogP contribution in [0.4, 0.5) is 0 Å². The minimum atomic E-state index is 0.181. The molecule has 0 unspecified atom stereocenters. The number of pyridine rings is 1. The zero-order valence-electron chi connectivity index (χ0n) is 12.4. The van der Waals surface area contributed by atoms with Gasteiger partial charge in [0.05, 0.1) is 0 Å². The van der Waals surface area contributed by atoms with Gasteiger partial charge in [-0.25, -0.2) is 10.5 Å². The minimum Gasteiger partial charge on any atom is -0.304 e. The highest BCUT2D eigenvalue weighted by Gasteiger charge is 2.26. The van der Waals surface area contributed by atoms with E-state index in [0.717, 1.165) is 11.6 Å². The molecule has 5 nitrogen and oxygen atoms in total. The smallest absolute Gasteiger partial charge is 0.230 e. The highest BCUT2D eigenvalue weighted by atomic mass is 16.5. The van der Waals surface area contributed by atoms with Crippen molar-refractivity contribution in [3.05, 3.63) is 73.7 Å². The highest BCUT2D eigenvalue weighted by molar-refractivity contribution is 5.43. The molecule has 1 aliphatic carbocycles. The lowest BCUT2D eigenvalue weighted by molar-refractivity contribution is -0.116. The van der Waals surface area contributed by atoms with Crippen LogP contribution in [-0.4, -0.2) is 21.0 Å². The van der Waals surface area contributed by atoms with Crippen molar-refractivity contribution in [1.82, 2.24) is 14.9 Å². The lowest BCUT2D eigenvalue weighted by atomic mass is 10.3. The van der Waals surface area contributed by atoms with E-state index < -0.39 is 0 Å². The fraction of sp³-hybridized carbons (Fsp3) is 0.176. The molecule has 1 fully saturated rings. The summed E-state index contributed by atoms with van der Waals surface area (Å²) in [6, 6.07) is 6.13. The second-order valence-electron chi connectivity index (χ2n) is 4.49. The standard InChI is InChI=1S/C10H10N2.C6H8.CH3NO2/c1-2-6-12-9(8-4-5-8)7-11-10(12)3-1;1-3-5-6-4-2;3-1-2-4/h1-3,6-8H,4-5H2;3-6H,1-2H2;1,4H,(H,2,3)/b;6-5-;. The number of hydroxylamine groups is 1. The maximum absolute atomic E-state index is 8.81. The van der Waals surface area contributed by atoms with Gasteiger partial charge in [-0.05, 0) is 25.0 Å². The Morgan fingerprint density at radius 3 is 2.41 bits per heavy atom. The van der Waals surface area contributed by atoms with Gasteiger partial charge in [0.2, 0.25) is 6.41 Å². The fourth-order valence-electron chi connectivity index (χ4n) is 1.79. The quantitative estimate of drug-likeness (QED) is 0.394. The predicted octanol–water partition coefficient (Wildman–Crippen LogP) is 3.25. The lowest BCUT2D eigenvalue weighted by Crippen LogP contribution is -1.99. The van der Waals surface area contributed by atoms with Crippen LogP contribution in [0, 0.1) is 0 Å². The SMILES string of the molecule is C=C/C=C\C=C.O=CNO.c1ccn2c(C3CC3)cnc2c1. The number of rotatable bonds is 4. The van der Waals surface area contributed by atoms with Crippen molar-refractivity contribution in [2.45, 2.75) is 18.8 Å². The Bertz CT molecular complexity index is 618. The molecule has 1 amide bonds. The molecular weight excluding hydrogens is 278 g/mol. The molecule has 3 rings (SSSR count). The molecule has 5 heteroatoms. The van der Waals surface area contributed by atoms with E-state index in [1.807, 2.05) is 30.5 Å². The second-order valence-corrected chi connectivity index (χ2v) is 4.49. The van der Waals surface area contributed by atoms with Crippen molar-refractivity contribution < 1.29 is 10.0 Å². The lowest BCUT2D eigenvalue weighted by Gasteiger charge is -1.96. The Kier molecular flexibility index (Phi) is 8.00. The summed E-state index contributed by atoms with van der Waals surface area (Å²) in [4.78, 5) is 13.2. The number of fused-ring (bicyclic) bond motifs is 1. The second kappa shape index (κ2) is 10.1. The summed E-state index contributed by atoms with van der Waals surface area (Å²) in [7, 11) is 0. The number of nitrogens with zero attached hydrogens (tertiary/aromatic N) is 2. The van der Waals surface area contributed by atoms with Crippen LogP contribution in [0.3, 0.4) is 0 Å². The molecule has 2 aromatic rings. The van der Waals surface area contributed by atoms with Gasteiger partial charge in [0, 0.05) is 24.0 Å². The topological polar surface area (TPSA) is 66.6 Å². The van der Waals surface area contributed by atoms with Crippen LogP contribution in [0.5, 0.6) is 0 Å². The molecule has 0 saturated heterocycles. The van der Waals surface area contributed by atoms with Crippen LogP contribution in [0.2, 0.25) is 0 Å². The van der Waals surface area contributed by atoms with E-state index in [1.54, 1.807) is 12.2 Å². The van der Waals surface area contributed by atoms with Crippen molar-refractivity contribution in [3.8, 4) is 0 Å². The normalized spacial score (nSPS) is 12.6. The first-order chi connectivity index (χ1) is 10.8. The number of nitrogens with one attached hydrogen (secondary N) is 1. The van der Waals surface area contributed by atoms with Gasteiger partial charge in [0.25, 0.3) is 0 Å². The Balaban J connectivity index is 0.000000207. The first kappa shape index (κ1) is 17.4. The number of hydrogen-bond donors (Lipinski definition) is 2. The van der Waals surface area contributed by atoms with Gasteiger partial charge >= 0.3 is 0 Å². The van der Waals surface area contributed by atoms with E-state index in [2.05, 4.69) is 34.8 Å². The minimum absolute atomic E-state index is 0.181. The number of hydrogen-bond acceptors (Lipinski definition) is 3. The van der Waals surface area contributed by atoms with Gasteiger partial charge in [-0.2, -0.15) is 0 Å². The molecule has 0 aromatic carbocycles. The highest BCUT2D eigenvalue weighted by Crippen LogP contribution is 2.39. The molecule has 0 radical (unpaired) electrons. The van der Waals surface area contributed by atoms with Gasteiger partial charge in [0.1, 0.15) is 5.65 Å². The molecule has 2 aromatic heterocycles. The molecule has 2 N–H and O–H groups in total. The van der Waals surface area contributed by atoms with Crippen molar-refractivity contribution in [2.24, 2.45) is 0 Å². The first-order valence-corrected chi connectivity index (χ1v) is 6.93. The number of imidazole rings is 1. The first-order valence-electron chi connectivity index (χ1n) is 6.93. The van der Waals surface area contributed by atoms with Crippen molar-refractivity contribution >= 4 is 12.1 Å². The van der Waals surface area contributed by atoms with Crippen LogP contribution >= 0.6 is 0 Å². The van der Waals surface area contributed by atoms with Crippen LogP contribution in [0.1, 0.15) is 24.5 Å². The zero-order chi connectivity index (χ0) is 16.2. The fourth-order valence-corrected chi connectivity index (χ4v) is 1.79. The van der Waals surface area contributed by atoms with E-state index in [9.17, 15) is 0 Å². The van der Waals surface area contributed by atoms with E-state index in [0.29, 0.717) is 0 Å².